The summed E-state index contributed by atoms with van der Waals surface area (Å²) in [6.07, 6.45) is -0.577. The highest BCUT2D eigenvalue weighted by molar-refractivity contribution is 8.00. The van der Waals surface area contributed by atoms with E-state index in [1.54, 1.807) is 6.92 Å². The predicted octanol–water partition coefficient (Wildman–Crippen LogP) is -1.33. The molecule has 4 unspecified atom stereocenters. The zero-order valence-electron chi connectivity index (χ0n) is 29.6. The number of aromatic amines is 1. The molecule has 22 nitrogen and oxygen atoms in total. The minimum absolute atomic E-state index is 0.00185. The number of fused-ring (bicyclic) bond motifs is 1. The van der Waals surface area contributed by atoms with Crippen molar-refractivity contribution in [1.29, 1.82) is 0 Å². The third-order valence-electron chi connectivity index (χ3n) is 8.28. The van der Waals surface area contributed by atoms with Gasteiger partial charge in [-0.15, -0.1) is 11.8 Å². The van der Waals surface area contributed by atoms with Crippen LogP contribution in [0.4, 0.5) is 11.6 Å². The first-order chi connectivity index (χ1) is 26.6. The van der Waals surface area contributed by atoms with Gasteiger partial charge in [0.15, 0.2) is 11.2 Å². The highest BCUT2D eigenvalue weighted by Crippen LogP contribution is 2.25. The molecule has 56 heavy (non-hydrogen) atoms. The van der Waals surface area contributed by atoms with E-state index in [9.17, 15) is 58.5 Å². The topological polar surface area (TPSA) is 346 Å². The molecule has 1 saturated heterocycles. The predicted molar refractivity (Wildman–Crippen MR) is 196 cm³/mol. The average molecular weight is 799 g/mol. The fraction of sp³-hybridized carbons (Fsp3) is 0.394. The lowest BCUT2D eigenvalue weighted by atomic mass is 10.1. The lowest BCUT2D eigenvalue weighted by Gasteiger charge is -2.18. The molecule has 4 atom stereocenters. The number of benzene rings is 1. The maximum Gasteiger partial charge on any atom is 0.327 e. The van der Waals surface area contributed by atoms with Gasteiger partial charge in [-0.2, -0.15) is 4.98 Å². The molecule has 1 aliphatic heterocycles. The van der Waals surface area contributed by atoms with Crippen LogP contribution in [0.5, 0.6) is 0 Å². The molecule has 2 aromatic heterocycles. The quantitative estimate of drug-likeness (QED) is 0.0598. The third kappa shape index (κ3) is 11.4. The van der Waals surface area contributed by atoms with Gasteiger partial charge in [0.2, 0.25) is 29.6 Å². The number of anilines is 2. The molecule has 1 aliphatic rings. The van der Waals surface area contributed by atoms with Crippen molar-refractivity contribution in [1.82, 2.24) is 40.8 Å². The SMILES string of the molecule is CCN1C(=O)CC(SCC(NC(=O)CCC(NC(=O)CCC(NC(=O)c2ccc(NCc3cnc4nc(N)[nH]c(=O)c4n3)cc2)C(=O)O)C(=O)O)C(=O)O)C1=O. The monoisotopic (exact) mass is 798 g/mol. The van der Waals surface area contributed by atoms with Crippen LogP contribution >= 0.6 is 11.8 Å². The van der Waals surface area contributed by atoms with Gasteiger partial charge < -0.3 is 42.3 Å². The molecule has 4 rings (SSSR count). The number of hydrogen-bond donors (Lipinski definition) is 9. The van der Waals surface area contributed by atoms with Crippen molar-refractivity contribution in [2.75, 3.05) is 23.3 Å². The highest BCUT2D eigenvalue weighted by Gasteiger charge is 2.38. The number of amides is 5. The fourth-order valence-electron chi connectivity index (χ4n) is 5.33. The molecule has 0 saturated carbocycles. The van der Waals surface area contributed by atoms with Gasteiger partial charge in [0, 0.05) is 42.8 Å². The van der Waals surface area contributed by atoms with Crippen LogP contribution in [-0.4, -0.2) is 123 Å². The Bertz CT molecular complexity index is 2080. The maximum atomic E-state index is 12.8. The lowest BCUT2D eigenvalue weighted by Crippen LogP contribution is -2.45. The third-order valence-corrected chi connectivity index (χ3v) is 9.58. The number of carboxylic acids is 3. The van der Waals surface area contributed by atoms with E-state index in [0.29, 0.717) is 11.4 Å². The van der Waals surface area contributed by atoms with Gasteiger partial charge in [-0.1, -0.05) is 0 Å². The normalized spacial score (nSPS) is 15.4. The zero-order chi connectivity index (χ0) is 41.1. The number of thioether (sulfide) groups is 1. The summed E-state index contributed by atoms with van der Waals surface area (Å²) in [7, 11) is 0. The fourth-order valence-corrected chi connectivity index (χ4v) is 6.51. The number of aliphatic carboxylic acids is 3. The molecule has 0 radical (unpaired) electrons. The molecule has 1 fully saturated rings. The molecule has 0 bridgehead atoms. The highest BCUT2D eigenvalue weighted by atomic mass is 32.2. The Labute approximate surface area is 320 Å². The number of nitrogens with one attached hydrogen (secondary N) is 5. The standard InChI is InChI=1S/C33H38N10O12S/c1-2-43-24(46)11-21(29(43)49)56-14-20(32(54)55)39-23(45)9-7-18(30(50)51)38-22(44)10-8-19(31(52)53)40-27(47)15-3-5-16(6-4-15)35-12-17-13-36-26-25(37-17)28(48)42-33(34)41-26/h3-6,13,18-21,35H,2,7-12,14H2,1H3,(H,38,44)(H,39,45)(H,40,47)(H,50,51)(H,52,53)(H,54,55)(H3,34,36,41,42,48). The molecule has 3 aromatic rings. The van der Waals surface area contributed by atoms with Crippen molar-refractivity contribution in [3.8, 4) is 0 Å². The van der Waals surface area contributed by atoms with Gasteiger partial charge in [0.05, 0.1) is 23.7 Å². The molecule has 3 heterocycles. The zero-order valence-corrected chi connectivity index (χ0v) is 30.5. The number of likely N-dealkylation sites (tertiary alicyclic amines) is 1. The number of aromatic nitrogens is 4. The first kappa shape index (κ1) is 42.1. The summed E-state index contributed by atoms with van der Waals surface area (Å²) in [5.41, 5.74) is 6.08. The number of nitrogens with two attached hydrogens (primary N) is 1. The van der Waals surface area contributed by atoms with E-state index in [1.165, 1.54) is 30.5 Å². The summed E-state index contributed by atoms with van der Waals surface area (Å²) in [5, 5.41) is 37.8. The number of carboxylic acid groups (broad SMARTS) is 3. The Kier molecular flexibility index (Phi) is 14.4. The number of carbonyl (C=O) groups excluding carboxylic acids is 5. The molecule has 0 spiro atoms. The number of nitrogen functional groups attached to an aromatic ring is 1. The Morgan fingerprint density at radius 3 is 2.05 bits per heavy atom. The van der Waals surface area contributed by atoms with Crippen molar-refractivity contribution < 1.29 is 53.7 Å². The van der Waals surface area contributed by atoms with Crippen LogP contribution in [0, 0.1) is 0 Å². The summed E-state index contributed by atoms with van der Waals surface area (Å²) >= 11 is 0.900. The van der Waals surface area contributed by atoms with E-state index in [-0.39, 0.29) is 53.8 Å². The number of H-pyrrole nitrogens is 1. The number of hydrogen-bond acceptors (Lipinski definition) is 15. The van der Waals surface area contributed by atoms with Crippen LogP contribution in [0.15, 0.2) is 35.3 Å². The summed E-state index contributed by atoms with van der Waals surface area (Å²) < 4.78 is 0. The molecular weight excluding hydrogens is 760 g/mol. The van der Waals surface area contributed by atoms with Crippen LogP contribution in [0.2, 0.25) is 0 Å². The van der Waals surface area contributed by atoms with Crippen molar-refractivity contribution in [2.24, 2.45) is 0 Å². The second-order valence-electron chi connectivity index (χ2n) is 12.3. The van der Waals surface area contributed by atoms with E-state index in [4.69, 9.17) is 5.73 Å². The Morgan fingerprint density at radius 1 is 0.893 bits per heavy atom. The van der Waals surface area contributed by atoms with Crippen molar-refractivity contribution in [3.05, 3.63) is 52.1 Å². The van der Waals surface area contributed by atoms with Crippen LogP contribution in [0.3, 0.4) is 0 Å². The van der Waals surface area contributed by atoms with Crippen LogP contribution in [0.1, 0.15) is 55.1 Å². The van der Waals surface area contributed by atoms with Crippen LogP contribution < -0.4 is 32.6 Å². The molecule has 1 aromatic carbocycles. The summed E-state index contributed by atoms with van der Waals surface area (Å²) in [4.78, 5) is 125. The summed E-state index contributed by atoms with van der Waals surface area (Å²) in [5.74, 6) is -8.05. The van der Waals surface area contributed by atoms with Gasteiger partial charge in [-0.05, 0) is 44.0 Å². The molecule has 298 valence electrons. The minimum atomic E-state index is -1.59. The lowest BCUT2D eigenvalue weighted by molar-refractivity contribution is -0.143. The van der Waals surface area contributed by atoms with Crippen molar-refractivity contribution in [3.63, 3.8) is 0 Å². The molecule has 23 heteroatoms. The Morgan fingerprint density at radius 2 is 1.48 bits per heavy atom. The van der Waals surface area contributed by atoms with E-state index >= 15 is 0 Å². The Balaban J connectivity index is 1.22. The summed E-state index contributed by atoms with van der Waals surface area (Å²) in [6, 6.07) is 1.32. The smallest absolute Gasteiger partial charge is 0.327 e. The average Bonchev–Trinajstić information content (AvgIpc) is 3.43. The molecule has 10 N–H and O–H groups in total. The number of nitrogens with zero attached hydrogens (tertiary/aromatic N) is 4. The van der Waals surface area contributed by atoms with Gasteiger partial charge >= 0.3 is 17.9 Å². The number of imide groups is 1. The maximum absolute atomic E-state index is 12.8. The van der Waals surface area contributed by atoms with E-state index < -0.39 is 96.2 Å². The van der Waals surface area contributed by atoms with Gasteiger partial charge in [0.25, 0.3) is 11.5 Å². The summed E-state index contributed by atoms with van der Waals surface area (Å²) in [6.45, 7) is 1.95. The van der Waals surface area contributed by atoms with Crippen molar-refractivity contribution in [2.45, 2.75) is 68.9 Å². The van der Waals surface area contributed by atoms with Crippen LogP contribution in [0.25, 0.3) is 11.2 Å². The molecule has 5 amide bonds. The van der Waals surface area contributed by atoms with E-state index in [2.05, 4.69) is 41.2 Å². The second-order valence-corrected chi connectivity index (χ2v) is 13.5. The largest absolute Gasteiger partial charge is 0.480 e. The first-order valence-corrected chi connectivity index (χ1v) is 18.0. The number of carbonyl (C=O) groups is 8. The second kappa shape index (κ2) is 19.1. The van der Waals surface area contributed by atoms with Gasteiger partial charge in [-0.3, -0.25) is 38.7 Å². The van der Waals surface area contributed by atoms with Gasteiger partial charge in [-0.25, -0.2) is 24.4 Å². The van der Waals surface area contributed by atoms with E-state index in [1.807, 2.05) is 0 Å². The molecule has 0 aliphatic carbocycles. The molecular formula is C33H38N10O12S. The van der Waals surface area contributed by atoms with E-state index in [0.717, 1.165) is 16.7 Å². The number of rotatable bonds is 20. The van der Waals surface area contributed by atoms with Gasteiger partial charge in [0.1, 0.15) is 18.1 Å². The van der Waals surface area contributed by atoms with Crippen molar-refractivity contribution >= 4 is 82.0 Å². The Hall–Kier alpha value is -6.65. The first-order valence-electron chi connectivity index (χ1n) is 16.9. The van der Waals surface area contributed by atoms with Crippen LogP contribution in [-0.2, 0) is 40.1 Å². The minimum Gasteiger partial charge on any atom is -0.480 e.